The van der Waals surface area contributed by atoms with Crippen LogP contribution in [0.15, 0.2) is 35.5 Å². The number of phenols is 1. The number of nitrogens with zero attached hydrogens (tertiary/aromatic N) is 1. The van der Waals surface area contributed by atoms with Gasteiger partial charge in [-0.05, 0) is 42.8 Å². The zero-order valence-electron chi connectivity index (χ0n) is 14.9. The van der Waals surface area contributed by atoms with Crippen molar-refractivity contribution in [2.24, 2.45) is 10.9 Å². The smallest absolute Gasteiger partial charge is 0.416 e. The Balaban J connectivity index is 2.88. The van der Waals surface area contributed by atoms with Crippen molar-refractivity contribution in [1.82, 2.24) is 0 Å². The van der Waals surface area contributed by atoms with Crippen LogP contribution in [0.3, 0.4) is 0 Å². The molecule has 0 atom stereocenters. The number of halogens is 6. The highest BCUT2D eigenvalue weighted by atomic mass is 19.4. The summed E-state index contributed by atoms with van der Waals surface area (Å²) < 4.78 is 78.8. The van der Waals surface area contributed by atoms with E-state index in [1.807, 2.05) is 0 Å². The SMILES string of the molecule is CON=C(C)c1cc(C(N)=O)c(O)c(-c2cc(C(F)(F)F)cc(C(F)(F)F)c2)c1. The lowest BCUT2D eigenvalue weighted by Crippen LogP contribution is -2.13. The molecular weight excluding hydrogens is 406 g/mol. The first-order valence-corrected chi connectivity index (χ1v) is 7.80. The summed E-state index contributed by atoms with van der Waals surface area (Å²) in [5.74, 6) is -2.00. The molecule has 2 aromatic carbocycles. The third-order valence-electron chi connectivity index (χ3n) is 3.92. The fourth-order valence-corrected chi connectivity index (χ4v) is 2.55. The van der Waals surface area contributed by atoms with Crippen LogP contribution in [-0.2, 0) is 17.2 Å². The average Bonchev–Trinajstić information content (AvgIpc) is 2.60. The minimum Gasteiger partial charge on any atom is -0.506 e. The number of carbonyl (C=O) groups is 1. The summed E-state index contributed by atoms with van der Waals surface area (Å²) in [7, 11) is 1.21. The van der Waals surface area contributed by atoms with Crippen molar-refractivity contribution < 1.29 is 41.1 Å². The summed E-state index contributed by atoms with van der Waals surface area (Å²) in [5, 5.41) is 13.9. The highest BCUT2D eigenvalue weighted by molar-refractivity contribution is 6.05. The van der Waals surface area contributed by atoms with Gasteiger partial charge in [-0.15, -0.1) is 0 Å². The molecule has 0 aromatic heterocycles. The molecule has 0 radical (unpaired) electrons. The molecule has 0 spiro atoms. The molecular formula is C18H14F6N2O3. The van der Waals surface area contributed by atoms with Crippen LogP contribution in [0.4, 0.5) is 26.3 Å². The maximum Gasteiger partial charge on any atom is 0.416 e. The van der Waals surface area contributed by atoms with Gasteiger partial charge in [0.2, 0.25) is 0 Å². The standard InChI is InChI=1S/C18H14F6N2O3/c1-8(26-29-2)9-5-13(15(27)14(6-9)16(25)28)10-3-11(17(19,20)21)7-12(4-10)18(22,23)24/h3-7,27H,1-2H3,(H2,25,28). The van der Waals surface area contributed by atoms with Gasteiger partial charge in [0.15, 0.2) is 0 Å². The molecule has 0 bridgehead atoms. The fourth-order valence-electron chi connectivity index (χ4n) is 2.55. The van der Waals surface area contributed by atoms with Gasteiger partial charge < -0.3 is 15.7 Å². The van der Waals surface area contributed by atoms with Crippen molar-refractivity contribution in [2.45, 2.75) is 19.3 Å². The Kier molecular flexibility index (Phi) is 5.81. The van der Waals surface area contributed by atoms with E-state index in [0.29, 0.717) is 12.1 Å². The van der Waals surface area contributed by atoms with Crippen LogP contribution in [0, 0.1) is 0 Å². The van der Waals surface area contributed by atoms with E-state index >= 15 is 0 Å². The normalized spacial score (nSPS) is 12.8. The summed E-state index contributed by atoms with van der Waals surface area (Å²) in [6, 6.07) is 2.99. The average molecular weight is 420 g/mol. The molecule has 2 aromatic rings. The molecule has 0 aliphatic carbocycles. The van der Waals surface area contributed by atoms with Crippen molar-refractivity contribution in [3.8, 4) is 16.9 Å². The molecule has 0 unspecified atom stereocenters. The number of amides is 1. The zero-order chi connectivity index (χ0) is 22.1. The summed E-state index contributed by atoms with van der Waals surface area (Å²) in [5.41, 5.74) is 0.683. The zero-order valence-corrected chi connectivity index (χ0v) is 14.9. The van der Waals surface area contributed by atoms with E-state index in [0.717, 1.165) is 12.1 Å². The van der Waals surface area contributed by atoms with Crippen LogP contribution in [0.5, 0.6) is 5.75 Å². The second kappa shape index (κ2) is 7.64. The number of hydrogen-bond acceptors (Lipinski definition) is 4. The Morgan fingerprint density at radius 1 is 1.00 bits per heavy atom. The van der Waals surface area contributed by atoms with Crippen molar-refractivity contribution in [3.05, 3.63) is 52.6 Å². The Hall–Kier alpha value is -3.24. The molecule has 29 heavy (non-hydrogen) atoms. The van der Waals surface area contributed by atoms with E-state index in [1.54, 1.807) is 0 Å². The van der Waals surface area contributed by atoms with Gasteiger partial charge in [-0.2, -0.15) is 26.3 Å². The lowest BCUT2D eigenvalue weighted by molar-refractivity contribution is -0.143. The molecule has 5 nitrogen and oxygen atoms in total. The number of carbonyl (C=O) groups excluding carboxylic acids is 1. The quantitative estimate of drug-likeness (QED) is 0.432. The van der Waals surface area contributed by atoms with E-state index in [9.17, 15) is 36.2 Å². The van der Waals surface area contributed by atoms with Gasteiger partial charge in [0.1, 0.15) is 12.9 Å². The van der Waals surface area contributed by atoms with Gasteiger partial charge in [-0.1, -0.05) is 5.16 Å². The van der Waals surface area contributed by atoms with Crippen LogP contribution in [-0.4, -0.2) is 23.8 Å². The predicted molar refractivity (Wildman–Crippen MR) is 91.3 cm³/mol. The number of hydrogen-bond donors (Lipinski definition) is 2. The molecule has 0 heterocycles. The first-order valence-electron chi connectivity index (χ1n) is 7.80. The summed E-state index contributed by atoms with van der Waals surface area (Å²) in [4.78, 5) is 16.2. The number of aromatic hydroxyl groups is 1. The van der Waals surface area contributed by atoms with Gasteiger partial charge in [0, 0.05) is 11.1 Å². The van der Waals surface area contributed by atoms with Crippen molar-refractivity contribution in [3.63, 3.8) is 0 Å². The van der Waals surface area contributed by atoms with Crippen LogP contribution < -0.4 is 5.73 Å². The molecule has 3 N–H and O–H groups in total. The second-order valence-corrected chi connectivity index (χ2v) is 5.94. The van der Waals surface area contributed by atoms with E-state index < -0.39 is 51.8 Å². The summed E-state index contributed by atoms with van der Waals surface area (Å²) in [6.07, 6.45) is -10.2. The minimum atomic E-state index is -5.08. The molecule has 0 saturated heterocycles. The van der Waals surface area contributed by atoms with Crippen molar-refractivity contribution >= 4 is 11.6 Å². The fraction of sp³-hybridized carbons (Fsp3) is 0.222. The second-order valence-electron chi connectivity index (χ2n) is 5.94. The first-order chi connectivity index (χ1) is 13.3. The molecule has 156 valence electrons. The Morgan fingerprint density at radius 2 is 1.52 bits per heavy atom. The van der Waals surface area contributed by atoms with Gasteiger partial charge in [0.05, 0.1) is 22.4 Å². The van der Waals surface area contributed by atoms with Gasteiger partial charge in [-0.3, -0.25) is 4.79 Å². The van der Waals surface area contributed by atoms with E-state index in [4.69, 9.17) is 5.73 Å². The Labute approximate surface area is 160 Å². The Bertz CT molecular complexity index is 949. The summed E-state index contributed by atoms with van der Waals surface area (Å²) >= 11 is 0. The number of primary amides is 1. The highest BCUT2D eigenvalue weighted by Gasteiger charge is 2.37. The van der Waals surface area contributed by atoms with Gasteiger partial charge >= 0.3 is 12.4 Å². The van der Waals surface area contributed by atoms with Crippen LogP contribution >= 0.6 is 0 Å². The van der Waals surface area contributed by atoms with Crippen LogP contribution in [0.2, 0.25) is 0 Å². The van der Waals surface area contributed by atoms with E-state index in [1.165, 1.54) is 14.0 Å². The maximum absolute atomic E-state index is 13.1. The highest BCUT2D eigenvalue weighted by Crippen LogP contribution is 2.41. The lowest BCUT2D eigenvalue weighted by Gasteiger charge is -2.16. The monoisotopic (exact) mass is 420 g/mol. The number of nitrogens with two attached hydrogens (primary N) is 1. The minimum absolute atomic E-state index is 0.0446. The molecule has 0 aliphatic heterocycles. The molecule has 11 heteroatoms. The topological polar surface area (TPSA) is 84.9 Å². The third kappa shape index (κ3) is 4.79. The number of benzene rings is 2. The number of alkyl halides is 6. The van der Waals surface area contributed by atoms with Crippen molar-refractivity contribution in [2.75, 3.05) is 7.11 Å². The maximum atomic E-state index is 13.1. The predicted octanol–water partition coefficient (Wildman–Crippen LogP) is 4.57. The molecule has 1 amide bonds. The van der Waals surface area contributed by atoms with Crippen LogP contribution in [0.25, 0.3) is 11.1 Å². The molecule has 0 aliphatic rings. The Morgan fingerprint density at radius 3 is 1.93 bits per heavy atom. The van der Waals surface area contributed by atoms with Crippen molar-refractivity contribution in [1.29, 1.82) is 0 Å². The molecule has 0 saturated carbocycles. The third-order valence-corrected chi connectivity index (χ3v) is 3.92. The first kappa shape index (κ1) is 22.1. The van der Waals surface area contributed by atoms with E-state index in [2.05, 4.69) is 9.99 Å². The number of oxime groups is 1. The molecule has 2 rings (SSSR count). The number of rotatable bonds is 4. The van der Waals surface area contributed by atoms with Crippen LogP contribution in [0.1, 0.15) is 34.0 Å². The van der Waals surface area contributed by atoms with Gasteiger partial charge in [-0.25, -0.2) is 0 Å². The van der Waals surface area contributed by atoms with Gasteiger partial charge in [0.25, 0.3) is 5.91 Å². The largest absolute Gasteiger partial charge is 0.506 e. The molecule has 0 fully saturated rings. The lowest BCUT2D eigenvalue weighted by atomic mass is 9.93. The summed E-state index contributed by atoms with van der Waals surface area (Å²) in [6.45, 7) is 1.41. The van der Waals surface area contributed by atoms with E-state index in [-0.39, 0.29) is 17.3 Å².